The van der Waals surface area contributed by atoms with Crippen molar-refractivity contribution in [2.75, 3.05) is 18.4 Å². The quantitative estimate of drug-likeness (QED) is 0.894. The first-order valence-electron chi connectivity index (χ1n) is 5.00. The molecular weight excluding hydrogens is 275 g/mol. The number of halogens is 2. The highest BCUT2D eigenvalue weighted by Crippen LogP contribution is 2.23. The Morgan fingerprint density at radius 3 is 2.81 bits per heavy atom. The molecule has 0 fully saturated rings. The zero-order valence-corrected chi connectivity index (χ0v) is 10.8. The van der Waals surface area contributed by atoms with Gasteiger partial charge < -0.3 is 10.6 Å². The van der Waals surface area contributed by atoms with Gasteiger partial charge in [0.15, 0.2) is 0 Å². The van der Waals surface area contributed by atoms with E-state index >= 15 is 0 Å². The molecule has 0 spiro atoms. The Labute approximate surface area is 103 Å². The van der Waals surface area contributed by atoms with Gasteiger partial charge in [0.2, 0.25) is 5.91 Å². The van der Waals surface area contributed by atoms with Crippen LogP contribution in [0.15, 0.2) is 16.6 Å². The van der Waals surface area contributed by atoms with Crippen LogP contribution >= 0.6 is 15.9 Å². The van der Waals surface area contributed by atoms with E-state index in [0.29, 0.717) is 16.7 Å². The molecule has 1 amide bonds. The highest BCUT2D eigenvalue weighted by Gasteiger charge is 2.06. The summed E-state index contributed by atoms with van der Waals surface area (Å²) in [6, 6.07) is 3.05. The summed E-state index contributed by atoms with van der Waals surface area (Å²) in [6.45, 7) is 4.44. The van der Waals surface area contributed by atoms with E-state index in [1.54, 1.807) is 6.07 Å². The third kappa shape index (κ3) is 3.48. The Morgan fingerprint density at radius 2 is 2.19 bits per heavy atom. The molecule has 88 valence electrons. The molecule has 0 aliphatic rings. The van der Waals surface area contributed by atoms with E-state index in [9.17, 15) is 9.18 Å². The minimum Gasteiger partial charge on any atom is -0.376 e. The van der Waals surface area contributed by atoms with Crippen molar-refractivity contribution in [3.05, 3.63) is 28.0 Å². The standard InChI is InChI=1S/C11H14BrFN2O/c1-3-14-11(16)6-15-10-5-9(13)8(12)4-7(10)2/h4-5,15H,3,6H2,1-2H3,(H,14,16). The maximum absolute atomic E-state index is 13.2. The molecule has 0 aromatic heterocycles. The number of rotatable bonds is 4. The Hall–Kier alpha value is -1.10. The number of amides is 1. The van der Waals surface area contributed by atoms with Gasteiger partial charge in [-0.15, -0.1) is 0 Å². The molecule has 16 heavy (non-hydrogen) atoms. The lowest BCUT2D eigenvalue weighted by Crippen LogP contribution is -2.29. The van der Waals surface area contributed by atoms with Crippen molar-refractivity contribution < 1.29 is 9.18 Å². The first kappa shape index (κ1) is 13.0. The van der Waals surface area contributed by atoms with Gasteiger partial charge in [-0.05, 0) is 47.5 Å². The molecule has 0 atom stereocenters. The molecule has 1 aromatic rings. The van der Waals surface area contributed by atoms with Crippen LogP contribution < -0.4 is 10.6 Å². The Morgan fingerprint density at radius 1 is 1.50 bits per heavy atom. The van der Waals surface area contributed by atoms with Crippen molar-refractivity contribution in [1.29, 1.82) is 0 Å². The number of carbonyl (C=O) groups is 1. The molecule has 5 heteroatoms. The van der Waals surface area contributed by atoms with E-state index in [1.165, 1.54) is 6.07 Å². The number of likely N-dealkylation sites (N-methyl/N-ethyl adjacent to an activating group) is 1. The highest BCUT2D eigenvalue weighted by molar-refractivity contribution is 9.10. The number of carbonyl (C=O) groups excluding carboxylic acids is 1. The fourth-order valence-electron chi connectivity index (χ4n) is 1.27. The monoisotopic (exact) mass is 288 g/mol. The van der Waals surface area contributed by atoms with Crippen LogP contribution in [0.25, 0.3) is 0 Å². The van der Waals surface area contributed by atoms with E-state index in [1.807, 2.05) is 13.8 Å². The molecule has 1 aromatic carbocycles. The molecule has 3 nitrogen and oxygen atoms in total. The lowest BCUT2D eigenvalue weighted by Gasteiger charge is -2.10. The summed E-state index contributed by atoms with van der Waals surface area (Å²) in [5, 5.41) is 5.55. The minimum atomic E-state index is -0.344. The van der Waals surface area contributed by atoms with Gasteiger partial charge in [0.05, 0.1) is 11.0 Å². The van der Waals surface area contributed by atoms with Crippen LogP contribution in [-0.4, -0.2) is 19.0 Å². The van der Waals surface area contributed by atoms with Crippen molar-refractivity contribution in [3.8, 4) is 0 Å². The van der Waals surface area contributed by atoms with Crippen LogP contribution in [0.5, 0.6) is 0 Å². The van der Waals surface area contributed by atoms with Gasteiger partial charge in [-0.1, -0.05) is 0 Å². The summed E-state index contributed by atoms with van der Waals surface area (Å²) in [5.74, 6) is -0.450. The fourth-order valence-corrected chi connectivity index (χ4v) is 1.73. The van der Waals surface area contributed by atoms with Crippen molar-refractivity contribution in [3.63, 3.8) is 0 Å². The van der Waals surface area contributed by atoms with Gasteiger partial charge in [0.25, 0.3) is 0 Å². The number of hydrogen-bond acceptors (Lipinski definition) is 2. The zero-order valence-electron chi connectivity index (χ0n) is 9.23. The Balaban J connectivity index is 2.67. The second-order valence-corrected chi connectivity index (χ2v) is 4.24. The summed E-state index contributed by atoms with van der Waals surface area (Å²) < 4.78 is 13.7. The predicted octanol–water partition coefficient (Wildman–Crippen LogP) is 2.44. The molecule has 2 N–H and O–H groups in total. The van der Waals surface area contributed by atoms with Crippen LogP contribution in [0, 0.1) is 12.7 Å². The van der Waals surface area contributed by atoms with Crippen molar-refractivity contribution in [2.24, 2.45) is 0 Å². The van der Waals surface area contributed by atoms with E-state index in [2.05, 4.69) is 26.6 Å². The summed E-state index contributed by atoms with van der Waals surface area (Å²) in [5.41, 5.74) is 1.52. The van der Waals surface area contributed by atoms with Crippen LogP contribution in [0.2, 0.25) is 0 Å². The normalized spacial score (nSPS) is 10.0. The first-order chi connectivity index (χ1) is 7.54. The lowest BCUT2D eigenvalue weighted by atomic mass is 10.2. The minimum absolute atomic E-state index is 0.106. The number of anilines is 1. The second kappa shape index (κ2) is 5.84. The van der Waals surface area contributed by atoms with Gasteiger partial charge in [0.1, 0.15) is 5.82 Å². The maximum Gasteiger partial charge on any atom is 0.239 e. The van der Waals surface area contributed by atoms with E-state index in [-0.39, 0.29) is 18.3 Å². The molecule has 0 radical (unpaired) electrons. The number of benzene rings is 1. The van der Waals surface area contributed by atoms with Crippen LogP contribution in [0.4, 0.5) is 10.1 Å². The molecule has 0 bridgehead atoms. The summed E-state index contributed by atoms with van der Waals surface area (Å²) >= 11 is 3.10. The fraction of sp³-hybridized carbons (Fsp3) is 0.364. The highest BCUT2D eigenvalue weighted by atomic mass is 79.9. The van der Waals surface area contributed by atoms with Gasteiger partial charge in [-0.3, -0.25) is 4.79 Å². The van der Waals surface area contributed by atoms with Crippen LogP contribution in [0.3, 0.4) is 0 Å². The molecule has 0 saturated carbocycles. The van der Waals surface area contributed by atoms with E-state index in [0.717, 1.165) is 5.56 Å². The molecule has 0 saturated heterocycles. The lowest BCUT2D eigenvalue weighted by molar-refractivity contribution is -0.119. The van der Waals surface area contributed by atoms with Gasteiger partial charge in [-0.2, -0.15) is 0 Å². The topological polar surface area (TPSA) is 41.1 Å². The summed E-state index contributed by atoms with van der Waals surface area (Å²) in [7, 11) is 0. The number of hydrogen-bond donors (Lipinski definition) is 2. The average Bonchev–Trinajstić information content (AvgIpc) is 2.22. The average molecular weight is 289 g/mol. The Kier molecular flexibility index (Phi) is 4.73. The van der Waals surface area contributed by atoms with Gasteiger partial charge in [0, 0.05) is 12.2 Å². The number of nitrogens with one attached hydrogen (secondary N) is 2. The van der Waals surface area contributed by atoms with E-state index < -0.39 is 0 Å². The van der Waals surface area contributed by atoms with Crippen molar-refractivity contribution >= 4 is 27.5 Å². The first-order valence-corrected chi connectivity index (χ1v) is 5.80. The Bertz CT molecular complexity index is 396. The summed E-state index contributed by atoms with van der Waals surface area (Å²) in [4.78, 5) is 11.2. The summed E-state index contributed by atoms with van der Waals surface area (Å²) in [6.07, 6.45) is 0. The van der Waals surface area contributed by atoms with E-state index in [4.69, 9.17) is 0 Å². The molecule has 0 heterocycles. The van der Waals surface area contributed by atoms with Crippen molar-refractivity contribution in [2.45, 2.75) is 13.8 Å². The van der Waals surface area contributed by atoms with Crippen molar-refractivity contribution in [1.82, 2.24) is 5.32 Å². The second-order valence-electron chi connectivity index (χ2n) is 3.39. The smallest absolute Gasteiger partial charge is 0.239 e. The largest absolute Gasteiger partial charge is 0.376 e. The molecular formula is C11H14BrFN2O. The third-order valence-corrected chi connectivity index (χ3v) is 2.69. The third-order valence-electron chi connectivity index (χ3n) is 2.08. The SMILES string of the molecule is CCNC(=O)CNc1cc(F)c(Br)cc1C. The van der Waals surface area contributed by atoms with Gasteiger partial charge in [-0.25, -0.2) is 4.39 Å². The molecule has 0 aliphatic heterocycles. The molecule has 0 aliphatic carbocycles. The zero-order chi connectivity index (χ0) is 12.1. The van der Waals surface area contributed by atoms with Crippen LogP contribution in [0.1, 0.15) is 12.5 Å². The molecule has 0 unspecified atom stereocenters. The predicted molar refractivity (Wildman–Crippen MR) is 66.0 cm³/mol. The van der Waals surface area contributed by atoms with Crippen LogP contribution in [-0.2, 0) is 4.79 Å². The van der Waals surface area contributed by atoms with Gasteiger partial charge >= 0.3 is 0 Å². The number of aryl methyl sites for hydroxylation is 1. The molecule has 1 rings (SSSR count). The maximum atomic E-state index is 13.2.